The van der Waals surface area contributed by atoms with Gasteiger partial charge >= 0.3 is 0 Å². The van der Waals surface area contributed by atoms with Crippen molar-refractivity contribution in [3.8, 4) is 0 Å². The Labute approximate surface area is 108 Å². The van der Waals surface area contributed by atoms with E-state index in [1.54, 1.807) is 4.90 Å². The average molecular weight is 244 g/mol. The molecule has 0 radical (unpaired) electrons. The normalized spacial score (nSPS) is 11.2. The van der Waals surface area contributed by atoms with Gasteiger partial charge in [-0.3, -0.25) is 4.79 Å². The lowest BCUT2D eigenvalue weighted by Gasteiger charge is -2.21. The van der Waals surface area contributed by atoms with Crippen LogP contribution in [0.15, 0.2) is 30.5 Å². The van der Waals surface area contributed by atoms with E-state index in [2.05, 4.69) is 31.2 Å². The zero-order chi connectivity index (χ0) is 13.3. The molecular weight excluding hydrogens is 224 g/mol. The van der Waals surface area contributed by atoms with Gasteiger partial charge in [0.15, 0.2) is 0 Å². The SMILES string of the molecule is Cc1ccc2c(ccn2CC(=O)N(C)C(C)C)c1. The van der Waals surface area contributed by atoms with E-state index >= 15 is 0 Å². The van der Waals surface area contributed by atoms with E-state index in [1.807, 2.05) is 31.7 Å². The van der Waals surface area contributed by atoms with Crippen LogP contribution >= 0.6 is 0 Å². The lowest BCUT2D eigenvalue weighted by Crippen LogP contribution is -2.35. The summed E-state index contributed by atoms with van der Waals surface area (Å²) in [4.78, 5) is 13.8. The Kier molecular flexibility index (Phi) is 3.41. The van der Waals surface area contributed by atoms with E-state index in [9.17, 15) is 4.79 Å². The van der Waals surface area contributed by atoms with Gasteiger partial charge in [0, 0.05) is 24.8 Å². The number of aryl methyl sites for hydroxylation is 1. The molecule has 0 fully saturated rings. The van der Waals surface area contributed by atoms with Gasteiger partial charge in [0.05, 0.1) is 0 Å². The predicted molar refractivity (Wildman–Crippen MR) is 74.6 cm³/mol. The number of benzene rings is 1. The highest BCUT2D eigenvalue weighted by Crippen LogP contribution is 2.17. The molecule has 1 aromatic heterocycles. The Morgan fingerprint density at radius 3 is 2.72 bits per heavy atom. The summed E-state index contributed by atoms with van der Waals surface area (Å²) in [6.07, 6.45) is 1.98. The molecular formula is C15H20N2O. The fourth-order valence-electron chi connectivity index (χ4n) is 2.00. The van der Waals surface area contributed by atoms with Crippen LogP contribution < -0.4 is 0 Å². The van der Waals surface area contributed by atoms with Crippen LogP contribution in [0.25, 0.3) is 10.9 Å². The first-order valence-corrected chi connectivity index (χ1v) is 6.30. The Morgan fingerprint density at radius 1 is 1.33 bits per heavy atom. The molecule has 0 saturated heterocycles. The standard InChI is InChI=1S/C15H20N2O/c1-11(2)16(4)15(18)10-17-8-7-13-9-12(3)5-6-14(13)17/h5-9,11H,10H2,1-4H3. The highest BCUT2D eigenvalue weighted by Gasteiger charge is 2.13. The van der Waals surface area contributed by atoms with Crippen molar-refractivity contribution in [1.82, 2.24) is 9.47 Å². The third-order valence-corrected chi connectivity index (χ3v) is 3.40. The summed E-state index contributed by atoms with van der Waals surface area (Å²) in [5, 5.41) is 1.19. The number of hydrogen-bond acceptors (Lipinski definition) is 1. The first-order chi connectivity index (χ1) is 8.49. The molecule has 0 saturated carbocycles. The zero-order valence-corrected chi connectivity index (χ0v) is 11.5. The lowest BCUT2D eigenvalue weighted by molar-refractivity contribution is -0.131. The monoisotopic (exact) mass is 244 g/mol. The smallest absolute Gasteiger partial charge is 0.242 e. The second-order valence-electron chi connectivity index (χ2n) is 5.10. The van der Waals surface area contributed by atoms with Crippen molar-refractivity contribution in [3.63, 3.8) is 0 Å². The molecule has 2 aromatic rings. The van der Waals surface area contributed by atoms with Crippen molar-refractivity contribution in [3.05, 3.63) is 36.0 Å². The van der Waals surface area contributed by atoms with Gasteiger partial charge in [-0.15, -0.1) is 0 Å². The summed E-state index contributed by atoms with van der Waals surface area (Å²) in [5.74, 6) is 0.142. The van der Waals surface area contributed by atoms with E-state index < -0.39 is 0 Å². The van der Waals surface area contributed by atoms with Crippen LogP contribution in [-0.4, -0.2) is 28.5 Å². The van der Waals surface area contributed by atoms with E-state index in [0.717, 1.165) is 5.52 Å². The van der Waals surface area contributed by atoms with Crippen LogP contribution in [-0.2, 0) is 11.3 Å². The first kappa shape index (κ1) is 12.7. The van der Waals surface area contributed by atoms with Crippen molar-refractivity contribution in [2.24, 2.45) is 0 Å². The molecule has 2 rings (SSSR count). The Bertz CT molecular complexity index is 569. The molecule has 0 atom stereocenters. The van der Waals surface area contributed by atoms with Gasteiger partial charge in [-0.05, 0) is 44.4 Å². The number of nitrogens with zero attached hydrogens (tertiary/aromatic N) is 2. The molecule has 1 heterocycles. The van der Waals surface area contributed by atoms with Crippen LogP contribution in [0, 0.1) is 6.92 Å². The third-order valence-electron chi connectivity index (χ3n) is 3.40. The molecule has 0 N–H and O–H groups in total. The molecule has 1 amide bonds. The third kappa shape index (κ3) is 2.40. The van der Waals surface area contributed by atoms with Crippen molar-refractivity contribution >= 4 is 16.8 Å². The first-order valence-electron chi connectivity index (χ1n) is 6.30. The van der Waals surface area contributed by atoms with Crippen molar-refractivity contribution < 1.29 is 4.79 Å². The minimum Gasteiger partial charge on any atom is -0.342 e. The molecule has 1 aromatic carbocycles. The van der Waals surface area contributed by atoms with E-state index in [4.69, 9.17) is 0 Å². The number of rotatable bonds is 3. The number of fused-ring (bicyclic) bond motifs is 1. The molecule has 96 valence electrons. The van der Waals surface area contributed by atoms with Crippen LogP contribution in [0.1, 0.15) is 19.4 Å². The second-order valence-corrected chi connectivity index (χ2v) is 5.10. The summed E-state index contributed by atoms with van der Waals surface area (Å²) in [6, 6.07) is 8.59. The van der Waals surface area contributed by atoms with Crippen LogP contribution in [0.2, 0.25) is 0 Å². The predicted octanol–water partition coefficient (Wildman–Crippen LogP) is 2.82. The van der Waals surface area contributed by atoms with E-state index in [0.29, 0.717) is 6.54 Å². The molecule has 0 aliphatic heterocycles. The molecule has 0 unspecified atom stereocenters. The highest BCUT2D eigenvalue weighted by molar-refractivity contribution is 5.83. The maximum absolute atomic E-state index is 12.1. The number of carbonyl (C=O) groups is 1. The van der Waals surface area contributed by atoms with Gasteiger partial charge in [-0.2, -0.15) is 0 Å². The second kappa shape index (κ2) is 4.84. The van der Waals surface area contributed by atoms with Gasteiger partial charge < -0.3 is 9.47 Å². The fourth-order valence-corrected chi connectivity index (χ4v) is 2.00. The molecule has 18 heavy (non-hydrogen) atoms. The average Bonchev–Trinajstić information content (AvgIpc) is 2.70. The zero-order valence-electron chi connectivity index (χ0n) is 11.5. The van der Waals surface area contributed by atoms with Crippen LogP contribution in [0.4, 0.5) is 0 Å². The van der Waals surface area contributed by atoms with E-state index in [1.165, 1.54) is 10.9 Å². The number of carbonyl (C=O) groups excluding carboxylic acids is 1. The maximum atomic E-state index is 12.1. The van der Waals surface area contributed by atoms with Crippen LogP contribution in [0.3, 0.4) is 0 Å². The Morgan fingerprint density at radius 2 is 2.06 bits per heavy atom. The maximum Gasteiger partial charge on any atom is 0.242 e. The fraction of sp³-hybridized carbons (Fsp3) is 0.400. The highest BCUT2D eigenvalue weighted by atomic mass is 16.2. The van der Waals surface area contributed by atoms with Crippen LogP contribution in [0.5, 0.6) is 0 Å². The van der Waals surface area contributed by atoms with Crippen molar-refractivity contribution in [1.29, 1.82) is 0 Å². The molecule has 0 aliphatic rings. The summed E-state index contributed by atoms with van der Waals surface area (Å²) in [7, 11) is 1.85. The van der Waals surface area contributed by atoms with Gasteiger partial charge in [0.1, 0.15) is 6.54 Å². The molecule has 0 spiro atoms. The molecule has 3 nitrogen and oxygen atoms in total. The minimum absolute atomic E-state index is 0.142. The number of likely N-dealkylation sites (N-methyl/N-ethyl adjacent to an activating group) is 1. The molecule has 0 aliphatic carbocycles. The van der Waals surface area contributed by atoms with Crippen molar-refractivity contribution in [2.45, 2.75) is 33.4 Å². The van der Waals surface area contributed by atoms with Gasteiger partial charge in [0.2, 0.25) is 5.91 Å². The van der Waals surface area contributed by atoms with E-state index in [-0.39, 0.29) is 11.9 Å². The summed E-state index contributed by atoms with van der Waals surface area (Å²) >= 11 is 0. The Hall–Kier alpha value is -1.77. The molecule has 3 heteroatoms. The largest absolute Gasteiger partial charge is 0.342 e. The van der Waals surface area contributed by atoms with Gasteiger partial charge in [-0.1, -0.05) is 11.6 Å². The minimum atomic E-state index is 0.142. The number of aromatic nitrogens is 1. The Balaban J connectivity index is 2.25. The lowest BCUT2D eigenvalue weighted by atomic mass is 10.2. The summed E-state index contributed by atoms with van der Waals surface area (Å²) < 4.78 is 2.01. The van der Waals surface area contributed by atoms with Crippen molar-refractivity contribution in [2.75, 3.05) is 7.05 Å². The number of hydrogen-bond donors (Lipinski definition) is 0. The quantitative estimate of drug-likeness (QED) is 0.815. The van der Waals surface area contributed by atoms with Gasteiger partial charge in [0.25, 0.3) is 0 Å². The van der Waals surface area contributed by atoms with Gasteiger partial charge in [-0.25, -0.2) is 0 Å². The number of amides is 1. The summed E-state index contributed by atoms with van der Waals surface area (Å²) in [6.45, 7) is 6.53. The molecule has 0 bridgehead atoms. The summed E-state index contributed by atoms with van der Waals surface area (Å²) in [5.41, 5.74) is 2.36. The topological polar surface area (TPSA) is 25.2 Å².